The van der Waals surface area contributed by atoms with Crippen molar-refractivity contribution in [1.82, 2.24) is 0 Å². The lowest BCUT2D eigenvalue weighted by Gasteiger charge is -2.17. The van der Waals surface area contributed by atoms with Crippen molar-refractivity contribution in [2.75, 3.05) is 0 Å². The predicted octanol–water partition coefficient (Wildman–Crippen LogP) is 4.01. The van der Waals surface area contributed by atoms with Gasteiger partial charge in [-0.1, -0.05) is 96.8 Å². The molecule has 0 saturated heterocycles. The third-order valence-electron chi connectivity index (χ3n) is 5.46. The SMILES string of the molecule is CCCCCCCCCCCCCCCCCC(=O)CC(=C(N)N)C(O)C(O)O. The molecule has 0 rings (SSSR count). The summed E-state index contributed by atoms with van der Waals surface area (Å²) in [7, 11) is 0. The van der Waals surface area contributed by atoms with E-state index >= 15 is 0 Å². The van der Waals surface area contributed by atoms with E-state index in [0.717, 1.165) is 19.3 Å². The molecule has 0 aromatic rings. The Labute approximate surface area is 177 Å². The summed E-state index contributed by atoms with van der Waals surface area (Å²) in [6.45, 7) is 2.26. The molecule has 0 fully saturated rings. The zero-order chi connectivity index (χ0) is 21.9. The topological polar surface area (TPSA) is 130 Å². The van der Waals surface area contributed by atoms with Crippen molar-refractivity contribution >= 4 is 5.78 Å². The molecule has 0 aliphatic heterocycles. The molecule has 7 N–H and O–H groups in total. The highest BCUT2D eigenvalue weighted by Gasteiger charge is 2.22. The molecule has 0 radical (unpaired) electrons. The van der Waals surface area contributed by atoms with Crippen LogP contribution in [0.3, 0.4) is 0 Å². The minimum Gasteiger partial charge on any atom is -0.386 e. The van der Waals surface area contributed by atoms with Crippen LogP contribution in [0.1, 0.15) is 116 Å². The highest BCUT2D eigenvalue weighted by atomic mass is 16.5. The second kappa shape index (κ2) is 18.9. The van der Waals surface area contributed by atoms with Crippen molar-refractivity contribution < 1.29 is 20.1 Å². The smallest absolute Gasteiger partial charge is 0.182 e. The summed E-state index contributed by atoms with van der Waals surface area (Å²) in [4.78, 5) is 12.0. The van der Waals surface area contributed by atoms with Gasteiger partial charge in [0, 0.05) is 18.4 Å². The van der Waals surface area contributed by atoms with Crippen LogP contribution < -0.4 is 11.5 Å². The Morgan fingerprint density at radius 2 is 1.07 bits per heavy atom. The Bertz CT molecular complexity index is 435. The number of unbranched alkanes of at least 4 members (excludes halogenated alkanes) is 14. The van der Waals surface area contributed by atoms with Crippen LogP contribution in [-0.4, -0.2) is 33.5 Å². The lowest BCUT2D eigenvalue weighted by molar-refractivity contribution is -0.121. The van der Waals surface area contributed by atoms with Crippen molar-refractivity contribution in [2.45, 2.75) is 128 Å². The molecular weight excluding hydrogens is 368 g/mol. The molecule has 0 aliphatic rings. The standard InChI is InChI=1S/C23H46N2O4/c1-2-3-4-5-6-7-8-9-10-11-12-13-14-15-16-17-19(26)18-20(22(24)25)21(27)23(28)29/h21,23,27-29H,2-18,24-25H2,1H3. The molecule has 6 heteroatoms. The second-order valence-electron chi connectivity index (χ2n) is 8.25. The summed E-state index contributed by atoms with van der Waals surface area (Å²) in [5.74, 6) is -0.321. The van der Waals surface area contributed by atoms with Gasteiger partial charge < -0.3 is 26.8 Å². The molecule has 0 spiro atoms. The van der Waals surface area contributed by atoms with Gasteiger partial charge in [-0.15, -0.1) is 0 Å². The minimum atomic E-state index is -1.99. The van der Waals surface area contributed by atoms with E-state index in [-0.39, 0.29) is 23.6 Å². The number of Topliss-reactive ketones (excluding diaryl/α,β-unsaturated/α-hetero) is 1. The zero-order valence-electron chi connectivity index (χ0n) is 18.6. The Hall–Kier alpha value is -1.11. The van der Waals surface area contributed by atoms with Crippen LogP contribution in [0.15, 0.2) is 11.4 Å². The minimum absolute atomic E-state index is 0.00837. The first kappa shape index (κ1) is 27.9. The van der Waals surface area contributed by atoms with Gasteiger partial charge in [0.25, 0.3) is 0 Å². The van der Waals surface area contributed by atoms with E-state index in [2.05, 4.69) is 6.92 Å². The van der Waals surface area contributed by atoms with Crippen LogP contribution >= 0.6 is 0 Å². The van der Waals surface area contributed by atoms with Crippen molar-refractivity contribution in [2.24, 2.45) is 11.5 Å². The predicted molar refractivity (Wildman–Crippen MR) is 119 cm³/mol. The summed E-state index contributed by atoms with van der Waals surface area (Å²) in [5.41, 5.74) is 10.9. The molecule has 0 saturated carbocycles. The van der Waals surface area contributed by atoms with Gasteiger partial charge in [-0.3, -0.25) is 4.79 Å². The van der Waals surface area contributed by atoms with E-state index in [1.807, 2.05) is 0 Å². The molecule has 0 aromatic heterocycles. The molecule has 1 unspecified atom stereocenters. The van der Waals surface area contributed by atoms with Gasteiger partial charge in [-0.25, -0.2) is 0 Å². The van der Waals surface area contributed by atoms with E-state index in [1.165, 1.54) is 77.0 Å². The third-order valence-corrected chi connectivity index (χ3v) is 5.46. The molecule has 6 nitrogen and oxygen atoms in total. The molecule has 0 heterocycles. The average Bonchev–Trinajstić information content (AvgIpc) is 2.68. The van der Waals surface area contributed by atoms with Crippen LogP contribution in [0.4, 0.5) is 0 Å². The lowest BCUT2D eigenvalue weighted by Crippen LogP contribution is -2.32. The molecule has 172 valence electrons. The first-order valence-corrected chi connectivity index (χ1v) is 11.7. The van der Waals surface area contributed by atoms with Gasteiger partial charge in [-0.05, 0) is 6.42 Å². The van der Waals surface area contributed by atoms with E-state index in [0.29, 0.717) is 6.42 Å². The summed E-state index contributed by atoms with van der Waals surface area (Å²) < 4.78 is 0. The number of rotatable bonds is 20. The molecular formula is C23H46N2O4. The number of aliphatic hydroxyl groups is 3. The number of nitrogens with two attached hydrogens (primary N) is 2. The molecule has 1 atom stereocenters. The summed E-state index contributed by atoms with van der Waals surface area (Å²) >= 11 is 0. The third kappa shape index (κ3) is 16.4. The van der Waals surface area contributed by atoms with Crippen molar-refractivity contribution in [1.29, 1.82) is 0 Å². The van der Waals surface area contributed by atoms with E-state index in [4.69, 9.17) is 21.7 Å². The largest absolute Gasteiger partial charge is 0.386 e. The quantitative estimate of drug-likeness (QED) is 0.151. The van der Waals surface area contributed by atoms with Gasteiger partial charge >= 0.3 is 0 Å². The van der Waals surface area contributed by atoms with Crippen molar-refractivity contribution in [3.63, 3.8) is 0 Å². The number of carbonyl (C=O) groups excluding carboxylic acids is 1. The van der Waals surface area contributed by atoms with E-state index in [9.17, 15) is 9.90 Å². The Morgan fingerprint density at radius 3 is 1.41 bits per heavy atom. The van der Waals surface area contributed by atoms with Crippen LogP contribution in [0.25, 0.3) is 0 Å². The fourth-order valence-corrected chi connectivity index (χ4v) is 3.55. The molecule has 0 bridgehead atoms. The number of hydrogen-bond donors (Lipinski definition) is 5. The maximum absolute atomic E-state index is 12.0. The van der Waals surface area contributed by atoms with Gasteiger partial charge in [0.05, 0.1) is 5.82 Å². The number of aliphatic hydroxyl groups excluding tert-OH is 2. The van der Waals surface area contributed by atoms with Crippen LogP contribution in [0.5, 0.6) is 0 Å². The van der Waals surface area contributed by atoms with Crippen molar-refractivity contribution in [3.05, 3.63) is 11.4 Å². The Balaban J connectivity index is 3.54. The normalized spacial score (nSPS) is 12.3. The highest BCUT2D eigenvalue weighted by Crippen LogP contribution is 2.16. The van der Waals surface area contributed by atoms with E-state index in [1.54, 1.807) is 0 Å². The summed E-state index contributed by atoms with van der Waals surface area (Å²) in [5, 5.41) is 27.7. The lowest BCUT2D eigenvalue weighted by atomic mass is 9.99. The number of ketones is 1. The molecule has 0 aromatic carbocycles. The van der Waals surface area contributed by atoms with Gasteiger partial charge in [0.1, 0.15) is 11.9 Å². The first-order chi connectivity index (χ1) is 13.9. The fourth-order valence-electron chi connectivity index (χ4n) is 3.55. The molecule has 29 heavy (non-hydrogen) atoms. The maximum atomic E-state index is 12.0. The van der Waals surface area contributed by atoms with E-state index < -0.39 is 12.4 Å². The van der Waals surface area contributed by atoms with Crippen LogP contribution in [-0.2, 0) is 4.79 Å². The Kier molecular flexibility index (Phi) is 18.2. The second-order valence-corrected chi connectivity index (χ2v) is 8.25. The summed E-state index contributed by atoms with van der Waals surface area (Å²) in [6, 6.07) is 0. The van der Waals surface area contributed by atoms with Gasteiger partial charge in [0.15, 0.2) is 6.29 Å². The van der Waals surface area contributed by atoms with Crippen LogP contribution in [0.2, 0.25) is 0 Å². The Morgan fingerprint density at radius 1 is 0.690 bits per heavy atom. The van der Waals surface area contributed by atoms with Gasteiger partial charge in [0.2, 0.25) is 0 Å². The zero-order valence-corrected chi connectivity index (χ0v) is 18.6. The molecule has 0 amide bonds. The first-order valence-electron chi connectivity index (χ1n) is 11.7. The maximum Gasteiger partial charge on any atom is 0.182 e. The number of hydrogen-bond acceptors (Lipinski definition) is 6. The fraction of sp³-hybridized carbons (Fsp3) is 0.870. The molecule has 0 aliphatic carbocycles. The van der Waals surface area contributed by atoms with Crippen molar-refractivity contribution in [3.8, 4) is 0 Å². The summed E-state index contributed by atoms with van der Waals surface area (Å²) in [6.07, 6.45) is 15.7. The number of carbonyl (C=O) groups is 1. The average molecular weight is 415 g/mol. The monoisotopic (exact) mass is 414 g/mol. The van der Waals surface area contributed by atoms with Gasteiger partial charge in [-0.2, -0.15) is 0 Å². The highest BCUT2D eigenvalue weighted by molar-refractivity contribution is 5.81. The van der Waals surface area contributed by atoms with Crippen LogP contribution in [0, 0.1) is 0 Å².